The molecular weight excluding hydrogens is 615 g/mol. The van der Waals surface area contributed by atoms with Crippen molar-refractivity contribution in [2.75, 3.05) is 18.4 Å². The van der Waals surface area contributed by atoms with Crippen LogP contribution in [0.2, 0.25) is 0 Å². The number of likely N-dealkylation sites (tertiary alicyclic amines) is 1. The molecule has 47 heavy (non-hydrogen) atoms. The Morgan fingerprint density at radius 1 is 1.09 bits per heavy atom. The third kappa shape index (κ3) is 7.20. The molecule has 3 amide bonds. The summed E-state index contributed by atoms with van der Waals surface area (Å²) >= 11 is 0. The van der Waals surface area contributed by atoms with Gasteiger partial charge in [-0.3, -0.25) is 29.6 Å². The number of carbonyl (C=O) groups excluding carboxylic acids is 3. The minimum Gasteiger partial charge on any atom is -0.440 e. The molecule has 1 unspecified atom stereocenters. The van der Waals surface area contributed by atoms with Crippen molar-refractivity contribution in [2.24, 2.45) is 0 Å². The maximum absolute atomic E-state index is 12.9. The summed E-state index contributed by atoms with van der Waals surface area (Å²) in [6.45, 7) is 5.42. The highest BCUT2D eigenvalue weighted by Crippen LogP contribution is 2.36. The molecule has 2 fully saturated rings. The molecule has 3 N–H and O–H groups in total. The van der Waals surface area contributed by atoms with E-state index >= 15 is 0 Å². The van der Waals surface area contributed by atoms with Gasteiger partial charge in [-0.05, 0) is 75.5 Å². The number of rotatable bonds is 7. The molecule has 2 aliphatic rings. The summed E-state index contributed by atoms with van der Waals surface area (Å²) in [6.07, 6.45) is -1.34. The number of halogens is 3. The minimum atomic E-state index is -4.62. The Balaban J connectivity index is 1.13. The van der Waals surface area contributed by atoms with E-state index in [4.69, 9.17) is 9.40 Å². The predicted octanol–water partition coefficient (Wildman–Crippen LogP) is 5.62. The molecule has 2 saturated heterocycles. The Morgan fingerprint density at radius 2 is 1.85 bits per heavy atom. The highest BCUT2D eigenvalue weighted by Gasteiger charge is 2.33. The molecule has 2 aliphatic heterocycles. The van der Waals surface area contributed by atoms with Gasteiger partial charge in [-0.1, -0.05) is 24.3 Å². The lowest BCUT2D eigenvalue weighted by atomic mass is 9.89. The second kappa shape index (κ2) is 12.5. The van der Waals surface area contributed by atoms with Crippen LogP contribution in [0.15, 0.2) is 59.1 Å². The lowest BCUT2D eigenvalue weighted by Crippen LogP contribution is -2.39. The SMILES string of the molecule is CC(C)(O)c1cc2nc(C3CCN(Cc4cccc(C5CCC(=O)NC5=O)c4)CC3)oc2cc1NC(=O)c1ccc(C(F)(F)F)nc1. The second-order valence-electron chi connectivity index (χ2n) is 12.7. The fourth-order valence-corrected chi connectivity index (χ4v) is 6.18. The number of nitrogens with one attached hydrogen (secondary N) is 2. The van der Waals surface area contributed by atoms with Crippen LogP contribution in [0.1, 0.15) is 90.0 Å². The van der Waals surface area contributed by atoms with Crippen LogP contribution >= 0.6 is 0 Å². The molecule has 1 atom stereocenters. The summed E-state index contributed by atoms with van der Waals surface area (Å²) in [5, 5.41) is 16.0. The van der Waals surface area contributed by atoms with E-state index in [9.17, 15) is 32.7 Å². The van der Waals surface area contributed by atoms with Crippen LogP contribution in [0.3, 0.4) is 0 Å². The van der Waals surface area contributed by atoms with Crippen LogP contribution in [0.5, 0.6) is 0 Å². The van der Waals surface area contributed by atoms with E-state index in [1.807, 2.05) is 24.3 Å². The monoisotopic (exact) mass is 649 g/mol. The number of aromatic nitrogens is 2. The number of oxazole rings is 1. The minimum absolute atomic E-state index is 0.0512. The number of imide groups is 1. The van der Waals surface area contributed by atoms with Crippen LogP contribution in [-0.4, -0.2) is 50.8 Å². The van der Waals surface area contributed by atoms with E-state index in [2.05, 4.69) is 20.5 Å². The van der Waals surface area contributed by atoms with Crippen molar-refractivity contribution in [2.45, 2.75) is 69.7 Å². The molecule has 10 nitrogen and oxygen atoms in total. The van der Waals surface area contributed by atoms with Gasteiger partial charge in [-0.2, -0.15) is 13.2 Å². The number of aliphatic hydroxyl groups is 1. The molecule has 246 valence electrons. The van der Waals surface area contributed by atoms with Crippen molar-refractivity contribution >= 4 is 34.5 Å². The average molecular weight is 650 g/mol. The molecule has 4 heterocycles. The van der Waals surface area contributed by atoms with E-state index in [1.165, 1.54) is 0 Å². The number of alkyl halides is 3. The highest BCUT2D eigenvalue weighted by molar-refractivity contribution is 6.05. The third-order valence-electron chi connectivity index (χ3n) is 8.70. The zero-order valence-electron chi connectivity index (χ0n) is 25.9. The first-order valence-corrected chi connectivity index (χ1v) is 15.4. The van der Waals surface area contributed by atoms with E-state index < -0.39 is 23.4 Å². The number of hydrogen-bond donors (Lipinski definition) is 3. The van der Waals surface area contributed by atoms with Gasteiger partial charge in [-0.25, -0.2) is 4.98 Å². The zero-order chi connectivity index (χ0) is 33.5. The van der Waals surface area contributed by atoms with Crippen molar-refractivity contribution < 1.29 is 37.1 Å². The zero-order valence-corrected chi connectivity index (χ0v) is 25.9. The van der Waals surface area contributed by atoms with Gasteiger partial charge in [0.05, 0.1) is 22.8 Å². The van der Waals surface area contributed by atoms with Gasteiger partial charge in [0.15, 0.2) is 11.5 Å². The molecule has 0 spiro atoms. The van der Waals surface area contributed by atoms with Gasteiger partial charge in [0.1, 0.15) is 11.2 Å². The number of anilines is 1. The normalized spacial score (nSPS) is 18.4. The van der Waals surface area contributed by atoms with Crippen LogP contribution < -0.4 is 10.6 Å². The number of benzene rings is 2. The predicted molar refractivity (Wildman–Crippen MR) is 165 cm³/mol. The first-order chi connectivity index (χ1) is 22.2. The Bertz CT molecular complexity index is 1820. The first-order valence-electron chi connectivity index (χ1n) is 15.4. The number of pyridine rings is 1. The summed E-state index contributed by atoms with van der Waals surface area (Å²) < 4.78 is 44.9. The summed E-state index contributed by atoms with van der Waals surface area (Å²) in [6, 6.07) is 12.9. The second-order valence-corrected chi connectivity index (χ2v) is 12.7. The molecule has 2 aromatic heterocycles. The molecule has 0 aliphatic carbocycles. The number of piperidine rings is 2. The number of amides is 3. The van der Waals surface area contributed by atoms with Crippen LogP contribution in [0, 0.1) is 0 Å². The van der Waals surface area contributed by atoms with Crippen molar-refractivity contribution in [1.29, 1.82) is 0 Å². The summed E-state index contributed by atoms with van der Waals surface area (Å²) in [5.41, 5.74) is 0.966. The van der Waals surface area contributed by atoms with Gasteiger partial charge in [0.2, 0.25) is 11.8 Å². The quantitative estimate of drug-likeness (QED) is 0.220. The molecule has 2 aromatic carbocycles. The van der Waals surface area contributed by atoms with Crippen molar-refractivity contribution in [1.82, 2.24) is 20.2 Å². The molecular formula is C34H34F3N5O5. The molecule has 6 rings (SSSR count). The Morgan fingerprint density at radius 3 is 2.51 bits per heavy atom. The van der Waals surface area contributed by atoms with Crippen LogP contribution in [-0.2, 0) is 27.9 Å². The molecule has 0 radical (unpaired) electrons. The smallest absolute Gasteiger partial charge is 0.433 e. The fraction of sp³-hybridized carbons (Fsp3) is 0.382. The van der Waals surface area contributed by atoms with Gasteiger partial charge >= 0.3 is 6.18 Å². The van der Waals surface area contributed by atoms with Crippen molar-refractivity contribution in [3.63, 3.8) is 0 Å². The third-order valence-corrected chi connectivity index (χ3v) is 8.70. The average Bonchev–Trinajstić information content (AvgIpc) is 3.43. The van der Waals surface area contributed by atoms with E-state index in [-0.39, 0.29) is 34.9 Å². The van der Waals surface area contributed by atoms with Gasteiger partial charge in [-0.15, -0.1) is 0 Å². The Kier molecular flexibility index (Phi) is 8.62. The van der Waals surface area contributed by atoms with Crippen LogP contribution in [0.4, 0.5) is 18.9 Å². The van der Waals surface area contributed by atoms with E-state index in [0.717, 1.165) is 55.4 Å². The van der Waals surface area contributed by atoms with Crippen molar-refractivity contribution in [3.05, 3.63) is 88.6 Å². The van der Waals surface area contributed by atoms with Gasteiger partial charge in [0, 0.05) is 36.7 Å². The largest absolute Gasteiger partial charge is 0.440 e. The standard InChI is InChI=1S/C34H34F3N5O5/c1-33(2,46)24-15-26-27(16-25(24)39-30(44)22-6-8-28(38-17-22)34(35,36)37)47-32(40-26)20-10-12-42(13-11-20)18-19-4-3-5-21(14-19)23-7-9-29(43)41-31(23)45/h3-6,8,14-17,20,23,46H,7,9-13,18H2,1-2H3,(H,39,44)(H,41,43,45). The number of fused-ring (bicyclic) bond motifs is 1. The Hall–Kier alpha value is -4.62. The summed E-state index contributed by atoms with van der Waals surface area (Å²) in [5.74, 6) is -0.899. The summed E-state index contributed by atoms with van der Waals surface area (Å²) in [4.78, 5) is 47.2. The fourth-order valence-electron chi connectivity index (χ4n) is 6.18. The molecule has 0 saturated carbocycles. The maximum atomic E-state index is 12.9. The van der Waals surface area contributed by atoms with E-state index in [0.29, 0.717) is 41.9 Å². The summed E-state index contributed by atoms with van der Waals surface area (Å²) in [7, 11) is 0. The van der Waals surface area contributed by atoms with Crippen molar-refractivity contribution in [3.8, 4) is 0 Å². The first kappa shape index (κ1) is 32.3. The maximum Gasteiger partial charge on any atom is 0.433 e. The number of carbonyl (C=O) groups is 3. The van der Waals surface area contributed by atoms with Crippen LogP contribution in [0.25, 0.3) is 11.1 Å². The molecule has 0 bridgehead atoms. The topological polar surface area (TPSA) is 138 Å². The van der Waals surface area contributed by atoms with Gasteiger partial charge < -0.3 is 14.8 Å². The lowest BCUT2D eigenvalue weighted by molar-refractivity contribution is -0.141. The Labute approximate surface area is 268 Å². The lowest BCUT2D eigenvalue weighted by Gasteiger charge is -2.30. The van der Waals surface area contributed by atoms with Gasteiger partial charge in [0.25, 0.3) is 5.91 Å². The number of hydrogen-bond acceptors (Lipinski definition) is 8. The van der Waals surface area contributed by atoms with E-state index in [1.54, 1.807) is 26.0 Å². The molecule has 13 heteroatoms. The number of nitrogens with zero attached hydrogens (tertiary/aromatic N) is 3. The highest BCUT2D eigenvalue weighted by atomic mass is 19.4. The molecule has 4 aromatic rings.